The first kappa shape index (κ1) is 28.8. The van der Waals surface area contributed by atoms with Gasteiger partial charge in [0.25, 0.3) is 0 Å². The minimum Gasteiger partial charge on any atom is -0.461 e. The highest BCUT2D eigenvalue weighted by Gasteiger charge is 2.39. The highest BCUT2D eigenvalue weighted by atomic mass is 16.6. The lowest BCUT2D eigenvalue weighted by molar-refractivity contribution is -0.168. The second kappa shape index (κ2) is 13.3. The molecule has 1 atom stereocenters. The van der Waals surface area contributed by atoms with Gasteiger partial charge in [0.15, 0.2) is 0 Å². The number of amides is 2. The Morgan fingerprint density at radius 3 is 1.65 bits per heavy atom. The summed E-state index contributed by atoms with van der Waals surface area (Å²) in [6.45, 7) is 6.53. The van der Waals surface area contributed by atoms with Crippen LogP contribution in [0.15, 0.2) is 91.0 Å². The van der Waals surface area contributed by atoms with E-state index in [1.54, 1.807) is 30.6 Å². The molecule has 40 heavy (non-hydrogen) atoms. The average Bonchev–Trinajstić information content (AvgIpc) is 2.93. The number of hydrogen-bond acceptors (Lipinski definition) is 6. The average molecular weight is 544 g/mol. The number of urea groups is 1. The predicted octanol–water partition coefficient (Wildman–Crippen LogP) is 5.19. The second-order valence-electron chi connectivity index (χ2n) is 10.9. The quantitative estimate of drug-likeness (QED) is 0.328. The standard InChI is InChI=1S/C32H37N3O5/c1-32(2,3)40-30(37)28(19-29(36)39-22-27-17-11-6-12-18-27)35-23-33(20-25-13-7-4-8-14-25)31(38)34(24-35)21-26-15-9-5-10-16-26/h4-18,28H,19-24H2,1-3H3/t28-/m0/s1. The van der Waals surface area contributed by atoms with E-state index < -0.39 is 23.6 Å². The molecule has 0 aliphatic carbocycles. The summed E-state index contributed by atoms with van der Waals surface area (Å²) in [5.74, 6) is -1.04. The van der Waals surface area contributed by atoms with Gasteiger partial charge < -0.3 is 19.3 Å². The molecule has 4 rings (SSSR count). The zero-order valence-corrected chi connectivity index (χ0v) is 23.4. The lowest BCUT2D eigenvalue weighted by Gasteiger charge is -2.44. The molecule has 3 aromatic rings. The van der Waals surface area contributed by atoms with E-state index in [2.05, 4.69) is 0 Å². The molecule has 1 aliphatic heterocycles. The predicted molar refractivity (Wildman–Crippen MR) is 151 cm³/mol. The van der Waals surface area contributed by atoms with Gasteiger partial charge >= 0.3 is 18.0 Å². The summed E-state index contributed by atoms with van der Waals surface area (Å²) in [4.78, 5) is 45.3. The van der Waals surface area contributed by atoms with Gasteiger partial charge in [0, 0.05) is 13.1 Å². The third kappa shape index (κ3) is 8.41. The van der Waals surface area contributed by atoms with Crippen molar-refractivity contribution in [3.8, 4) is 0 Å². The van der Waals surface area contributed by atoms with Crippen LogP contribution in [0.3, 0.4) is 0 Å². The summed E-state index contributed by atoms with van der Waals surface area (Å²) in [6, 6.07) is 27.7. The highest BCUT2D eigenvalue weighted by Crippen LogP contribution is 2.22. The van der Waals surface area contributed by atoms with Crippen molar-refractivity contribution in [1.29, 1.82) is 0 Å². The molecule has 1 heterocycles. The third-order valence-electron chi connectivity index (χ3n) is 6.40. The summed E-state index contributed by atoms with van der Waals surface area (Å²) in [5, 5.41) is 0. The van der Waals surface area contributed by atoms with Gasteiger partial charge in [-0.2, -0.15) is 0 Å². The Morgan fingerprint density at radius 1 is 0.750 bits per heavy atom. The van der Waals surface area contributed by atoms with Gasteiger partial charge in [-0.3, -0.25) is 14.5 Å². The Bertz CT molecular complexity index is 1210. The maximum absolute atomic E-state index is 13.6. The number of rotatable bonds is 10. The van der Waals surface area contributed by atoms with Gasteiger partial charge in [-0.25, -0.2) is 4.79 Å². The molecular weight excluding hydrogens is 506 g/mol. The van der Waals surface area contributed by atoms with Crippen LogP contribution in [-0.2, 0) is 38.8 Å². The number of carbonyl (C=O) groups excluding carboxylic acids is 3. The number of carbonyl (C=O) groups is 3. The third-order valence-corrected chi connectivity index (χ3v) is 6.40. The molecule has 2 amide bonds. The molecule has 0 spiro atoms. The molecule has 0 radical (unpaired) electrons. The van der Waals surface area contributed by atoms with Gasteiger partial charge in [0.05, 0.1) is 19.8 Å². The van der Waals surface area contributed by atoms with Crippen LogP contribution < -0.4 is 0 Å². The van der Waals surface area contributed by atoms with Crippen molar-refractivity contribution in [2.45, 2.75) is 58.5 Å². The largest absolute Gasteiger partial charge is 0.461 e. The molecule has 1 saturated heterocycles. The van der Waals surface area contributed by atoms with Crippen molar-refractivity contribution in [2.75, 3.05) is 13.3 Å². The molecule has 1 aliphatic rings. The smallest absolute Gasteiger partial charge is 0.324 e. The number of benzene rings is 3. The SMILES string of the molecule is CC(C)(C)OC(=O)[C@H](CC(=O)OCc1ccccc1)N1CN(Cc2ccccc2)C(=O)N(Cc2ccccc2)C1. The van der Waals surface area contributed by atoms with E-state index in [1.807, 2.05) is 95.9 Å². The Kier molecular flexibility index (Phi) is 9.56. The second-order valence-corrected chi connectivity index (χ2v) is 10.9. The Hall–Kier alpha value is -4.17. The molecule has 0 N–H and O–H groups in total. The molecule has 0 bridgehead atoms. The van der Waals surface area contributed by atoms with Crippen LogP contribution in [0.4, 0.5) is 4.79 Å². The molecule has 8 nitrogen and oxygen atoms in total. The summed E-state index contributed by atoms with van der Waals surface area (Å²) in [7, 11) is 0. The zero-order chi connectivity index (χ0) is 28.5. The maximum Gasteiger partial charge on any atom is 0.324 e. The van der Waals surface area contributed by atoms with Crippen LogP contribution in [-0.4, -0.2) is 57.6 Å². The first-order chi connectivity index (χ1) is 19.2. The molecule has 3 aromatic carbocycles. The van der Waals surface area contributed by atoms with Crippen LogP contribution in [0.25, 0.3) is 0 Å². The van der Waals surface area contributed by atoms with Crippen LogP contribution in [0.1, 0.15) is 43.9 Å². The molecule has 210 valence electrons. The fraction of sp³-hybridized carbons (Fsp3) is 0.344. The van der Waals surface area contributed by atoms with Gasteiger partial charge in [-0.05, 0) is 37.5 Å². The van der Waals surface area contributed by atoms with E-state index in [-0.39, 0.29) is 32.4 Å². The maximum atomic E-state index is 13.6. The van der Waals surface area contributed by atoms with Crippen LogP contribution in [0.5, 0.6) is 0 Å². The van der Waals surface area contributed by atoms with E-state index in [4.69, 9.17) is 9.47 Å². The summed E-state index contributed by atoms with van der Waals surface area (Å²) < 4.78 is 11.3. The van der Waals surface area contributed by atoms with Gasteiger partial charge in [0.1, 0.15) is 18.2 Å². The van der Waals surface area contributed by atoms with Crippen LogP contribution in [0, 0.1) is 0 Å². The fourth-order valence-corrected chi connectivity index (χ4v) is 4.53. The Balaban J connectivity index is 1.57. The number of nitrogens with zero attached hydrogens (tertiary/aromatic N) is 3. The Labute approximate surface area is 236 Å². The molecule has 8 heteroatoms. The van der Waals surface area contributed by atoms with Crippen molar-refractivity contribution >= 4 is 18.0 Å². The van der Waals surface area contributed by atoms with Crippen molar-refractivity contribution in [1.82, 2.24) is 14.7 Å². The van der Waals surface area contributed by atoms with E-state index in [0.717, 1.165) is 16.7 Å². The minimum absolute atomic E-state index is 0.111. The van der Waals surface area contributed by atoms with Crippen molar-refractivity contribution in [3.05, 3.63) is 108 Å². The topological polar surface area (TPSA) is 79.4 Å². The molecule has 0 aromatic heterocycles. The van der Waals surface area contributed by atoms with Gasteiger partial charge in [-0.1, -0.05) is 91.0 Å². The number of esters is 2. The summed E-state index contributed by atoms with van der Waals surface area (Å²) in [5.41, 5.74) is 2.04. The zero-order valence-electron chi connectivity index (χ0n) is 23.4. The van der Waals surface area contributed by atoms with E-state index >= 15 is 0 Å². The highest BCUT2D eigenvalue weighted by molar-refractivity contribution is 5.83. The lowest BCUT2D eigenvalue weighted by Crippen LogP contribution is -2.61. The monoisotopic (exact) mass is 543 g/mol. The Morgan fingerprint density at radius 2 is 1.20 bits per heavy atom. The number of ether oxygens (including phenoxy) is 2. The normalized spacial score (nSPS) is 15.0. The first-order valence-corrected chi connectivity index (χ1v) is 13.5. The van der Waals surface area contributed by atoms with Crippen molar-refractivity contribution in [3.63, 3.8) is 0 Å². The van der Waals surface area contributed by atoms with Crippen LogP contribution >= 0.6 is 0 Å². The minimum atomic E-state index is -0.938. The summed E-state index contributed by atoms with van der Waals surface area (Å²) >= 11 is 0. The van der Waals surface area contributed by atoms with Crippen molar-refractivity contribution in [2.24, 2.45) is 0 Å². The van der Waals surface area contributed by atoms with E-state index in [9.17, 15) is 14.4 Å². The molecular formula is C32H37N3O5. The molecule has 0 saturated carbocycles. The first-order valence-electron chi connectivity index (χ1n) is 13.5. The van der Waals surface area contributed by atoms with Gasteiger partial charge in [0.2, 0.25) is 0 Å². The molecule has 0 unspecified atom stereocenters. The van der Waals surface area contributed by atoms with Crippen molar-refractivity contribution < 1.29 is 23.9 Å². The van der Waals surface area contributed by atoms with Gasteiger partial charge in [-0.15, -0.1) is 0 Å². The fourth-order valence-electron chi connectivity index (χ4n) is 4.53. The van der Waals surface area contributed by atoms with E-state index in [0.29, 0.717) is 13.1 Å². The number of hydrogen-bond donors (Lipinski definition) is 0. The molecule has 1 fully saturated rings. The van der Waals surface area contributed by atoms with Crippen LogP contribution in [0.2, 0.25) is 0 Å². The lowest BCUT2D eigenvalue weighted by atomic mass is 10.1. The van der Waals surface area contributed by atoms with E-state index in [1.165, 1.54) is 0 Å². The summed E-state index contributed by atoms with van der Waals surface area (Å²) in [6.07, 6.45) is -0.200.